The van der Waals surface area contributed by atoms with Crippen LogP contribution in [0.5, 0.6) is 0 Å². The number of benzene rings is 3. The predicted molar refractivity (Wildman–Crippen MR) is 140 cm³/mol. The summed E-state index contributed by atoms with van der Waals surface area (Å²) in [5.41, 5.74) is 10.5. The molecule has 0 spiro atoms. The van der Waals surface area contributed by atoms with Gasteiger partial charge in [-0.3, -0.25) is 4.79 Å². The molecule has 0 bridgehead atoms. The van der Waals surface area contributed by atoms with Crippen LogP contribution in [0.25, 0.3) is 11.1 Å². The molecule has 1 unspecified atom stereocenters. The molecule has 1 amide bonds. The summed E-state index contributed by atoms with van der Waals surface area (Å²) in [5.74, 6) is -0.729. The van der Waals surface area contributed by atoms with E-state index in [0.717, 1.165) is 27.1 Å². The Bertz CT molecular complexity index is 1300. The van der Waals surface area contributed by atoms with Gasteiger partial charge in [-0.05, 0) is 36.2 Å². The van der Waals surface area contributed by atoms with Gasteiger partial charge in [0.15, 0.2) is 0 Å². The summed E-state index contributed by atoms with van der Waals surface area (Å²) < 4.78 is 5.05. The molecule has 0 saturated heterocycles. The number of thioether (sulfide) groups is 1. The van der Waals surface area contributed by atoms with Gasteiger partial charge in [-0.1, -0.05) is 66.2 Å². The summed E-state index contributed by atoms with van der Waals surface area (Å²) in [6, 6.07) is 24.9. The third kappa shape index (κ3) is 5.32. The molecule has 1 heterocycles. The summed E-state index contributed by atoms with van der Waals surface area (Å²) in [5, 5.41) is 4.77. The molecule has 0 saturated carbocycles. The zero-order valence-electron chi connectivity index (χ0n) is 18.8. The van der Waals surface area contributed by atoms with Crippen molar-refractivity contribution in [2.24, 2.45) is 0 Å². The Kier molecular flexibility index (Phi) is 7.35. The smallest absolute Gasteiger partial charge is 0.341 e. The summed E-state index contributed by atoms with van der Waals surface area (Å²) in [6.07, 6.45) is 0. The number of ether oxygens (including phenoxy) is 1. The minimum absolute atomic E-state index is 0.235. The van der Waals surface area contributed by atoms with Crippen molar-refractivity contribution in [2.45, 2.75) is 17.1 Å². The van der Waals surface area contributed by atoms with Gasteiger partial charge in [0.05, 0.1) is 7.11 Å². The van der Waals surface area contributed by atoms with Gasteiger partial charge in [0.1, 0.15) is 15.8 Å². The van der Waals surface area contributed by atoms with Gasteiger partial charge in [0.2, 0.25) is 5.91 Å². The number of esters is 1. The number of aryl methyl sites for hydroxylation is 1. The van der Waals surface area contributed by atoms with E-state index in [1.54, 1.807) is 0 Å². The van der Waals surface area contributed by atoms with Crippen molar-refractivity contribution in [3.63, 3.8) is 0 Å². The lowest BCUT2D eigenvalue weighted by Crippen LogP contribution is -2.20. The van der Waals surface area contributed by atoms with E-state index in [9.17, 15) is 9.59 Å². The number of thiophene rings is 1. The molecule has 3 N–H and O–H groups in total. The summed E-state index contributed by atoms with van der Waals surface area (Å²) in [6.45, 7) is 2.01. The fraction of sp³-hybridized carbons (Fsp3) is 0.111. The standard InChI is InChI=1S/C27H24N2O3S2/c1-17-11-13-18(14-12-17)22-16-33-26(23(22)27(31)32-2)29-25(30)24(19-7-4-3-5-8-19)34-21-10-6-9-20(28)15-21/h3-16,24H,28H2,1-2H3,(H,29,30). The lowest BCUT2D eigenvalue weighted by Gasteiger charge is -2.17. The van der Waals surface area contributed by atoms with Crippen LogP contribution in [0.2, 0.25) is 0 Å². The number of carbonyl (C=O) groups excluding carboxylic acids is 2. The second kappa shape index (κ2) is 10.6. The largest absolute Gasteiger partial charge is 0.465 e. The molecule has 5 nitrogen and oxygen atoms in total. The first kappa shape index (κ1) is 23.6. The highest BCUT2D eigenvalue weighted by Gasteiger charge is 2.27. The van der Waals surface area contributed by atoms with Crippen molar-refractivity contribution < 1.29 is 14.3 Å². The number of methoxy groups -OCH3 is 1. The van der Waals surface area contributed by atoms with E-state index in [-0.39, 0.29) is 5.91 Å². The number of anilines is 2. The van der Waals surface area contributed by atoms with E-state index in [2.05, 4.69) is 5.32 Å². The molecule has 3 aromatic carbocycles. The molecule has 4 aromatic rings. The molecular formula is C27H24N2O3S2. The van der Waals surface area contributed by atoms with Crippen LogP contribution >= 0.6 is 23.1 Å². The lowest BCUT2D eigenvalue weighted by atomic mass is 10.0. The molecule has 0 aliphatic heterocycles. The van der Waals surface area contributed by atoms with E-state index in [4.69, 9.17) is 10.5 Å². The van der Waals surface area contributed by atoms with Gasteiger partial charge in [-0.2, -0.15) is 0 Å². The first-order chi connectivity index (χ1) is 16.5. The Morgan fingerprint density at radius 2 is 1.74 bits per heavy atom. The molecule has 0 aliphatic carbocycles. The van der Waals surface area contributed by atoms with Gasteiger partial charge in [0.25, 0.3) is 0 Å². The average molecular weight is 489 g/mol. The zero-order valence-corrected chi connectivity index (χ0v) is 20.4. The molecule has 0 fully saturated rings. The van der Waals surface area contributed by atoms with Crippen LogP contribution in [0.4, 0.5) is 10.7 Å². The second-order valence-electron chi connectivity index (χ2n) is 7.68. The number of nitrogens with one attached hydrogen (secondary N) is 1. The highest BCUT2D eigenvalue weighted by atomic mass is 32.2. The number of amides is 1. The van der Waals surface area contributed by atoms with Gasteiger partial charge < -0.3 is 15.8 Å². The van der Waals surface area contributed by atoms with Crippen LogP contribution < -0.4 is 11.1 Å². The van der Waals surface area contributed by atoms with Crippen molar-refractivity contribution in [3.8, 4) is 11.1 Å². The highest BCUT2D eigenvalue weighted by molar-refractivity contribution is 8.00. The Hall–Kier alpha value is -3.55. The third-order valence-corrected chi connectivity index (χ3v) is 7.38. The van der Waals surface area contributed by atoms with Gasteiger partial charge in [-0.15, -0.1) is 23.1 Å². The van der Waals surface area contributed by atoms with Crippen molar-refractivity contribution in [2.75, 3.05) is 18.2 Å². The van der Waals surface area contributed by atoms with E-state index < -0.39 is 11.2 Å². The van der Waals surface area contributed by atoms with E-state index >= 15 is 0 Å². The molecular weight excluding hydrogens is 464 g/mol. The quantitative estimate of drug-likeness (QED) is 0.175. The van der Waals surface area contributed by atoms with Crippen molar-refractivity contribution in [1.82, 2.24) is 0 Å². The molecule has 1 atom stereocenters. The maximum Gasteiger partial charge on any atom is 0.341 e. The van der Waals surface area contributed by atoms with Crippen LogP contribution in [-0.4, -0.2) is 19.0 Å². The summed E-state index contributed by atoms with van der Waals surface area (Å²) in [4.78, 5) is 27.1. The zero-order chi connectivity index (χ0) is 24.1. The van der Waals surface area contributed by atoms with E-state index in [0.29, 0.717) is 16.3 Å². The molecule has 7 heteroatoms. The Balaban J connectivity index is 1.68. The van der Waals surface area contributed by atoms with E-state index in [1.165, 1.54) is 30.2 Å². The monoisotopic (exact) mass is 488 g/mol. The highest BCUT2D eigenvalue weighted by Crippen LogP contribution is 2.40. The van der Waals surface area contributed by atoms with Gasteiger partial charge in [-0.25, -0.2) is 4.79 Å². The first-order valence-electron chi connectivity index (χ1n) is 10.6. The summed E-state index contributed by atoms with van der Waals surface area (Å²) >= 11 is 2.71. The number of hydrogen-bond acceptors (Lipinski definition) is 6. The number of nitrogen functional groups attached to an aromatic ring is 1. The van der Waals surface area contributed by atoms with Crippen molar-refractivity contribution >= 4 is 45.7 Å². The molecule has 4 rings (SSSR count). The fourth-order valence-electron chi connectivity index (χ4n) is 3.50. The maximum absolute atomic E-state index is 13.5. The van der Waals surface area contributed by atoms with Crippen molar-refractivity contribution in [1.29, 1.82) is 0 Å². The van der Waals surface area contributed by atoms with Crippen LogP contribution in [0.3, 0.4) is 0 Å². The minimum Gasteiger partial charge on any atom is -0.465 e. The number of nitrogens with two attached hydrogens (primary N) is 1. The minimum atomic E-state index is -0.543. The molecule has 0 radical (unpaired) electrons. The Labute approximate surface area is 207 Å². The fourth-order valence-corrected chi connectivity index (χ4v) is 5.56. The van der Waals surface area contributed by atoms with Crippen LogP contribution in [0, 0.1) is 6.92 Å². The lowest BCUT2D eigenvalue weighted by molar-refractivity contribution is -0.115. The molecule has 1 aromatic heterocycles. The average Bonchev–Trinajstić information content (AvgIpc) is 3.26. The van der Waals surface area contributed by atoms with Crippen LogP contribution in [0.15, 0.2) is 89.1 Å². The number of hydrogen-bond donors (Lipinski definition) is 2. The van der Waals surface area contributed by atoms with Crippen molar-refractivity contribution in [3.05, 3.63) is 101 Å². The SMILES string of the molecule is COC(=O)c1c(-c2ccc(C)cc2)csc1NC(=O)C(Sc1cccc(N)c1)c1ccccc1. The third-order valence-electron chi connectivity index (χ3n) is 5.23. The Morgan fingerprint density at radius 3 is 2.41 bits per heavy atom. The predicted octanol–water partition coefficient (Wildman–Crippen LogP) is 6.56. The normalized spacial score (nSPS) is 11.6. The first-order valence-corrected chi connectivity index (χ1v) is 12.4. The number of carbonyl (C=O) groups is 2. The van der Waals surface area contributed by atoms with Gasteiger partial charge >= 0.3 is 5.97 Å². The summed E-state index contributed by atoms with van der Waals surface area (Å²) in [7, 11) is 1.34. The van der Waals surface area contributed by atoms with Crippen LogP contribution in [-0.2, 0) is 9.53 Å². The molecule has 172 valence electrons. The van der Waals surface area contributed by atoms with E-state index in [1.807, 2.05) is 91.2 Å². The molecule has 0 aliphatic rings. The molecule has 34 heavy (non-hydrogen) atoms. The topological polar surface area (TPSA) is 81.4 Å². The van der Waals surface area contributed by atoms with Crippen LogP contribution in [0.1, 0.15) is 26.7 Å². The number of rotatable bonds is 7. The second-order valence-corrected chi connectivity index (χ2v) is 9.74. The Morgan fingerprint density at radius 1 is 1.00 bits per heavy atom. The maximum atomic E-state index is 13.5. The van der Waals surface area contributed by atoms with Gasteiger partial charge in [0, 0.05) is 21.5 Å².